The molecule has 0 spiro atoms. The topological polar surface area (TPSA) is 42.2 Å². The van der Waals surface area contributed by atoms with Gasteiger partial charge in [0.05, 0.1) is 0 Å². The number of halogens is 3. The van der Waals surface area contributed by atoms with Crippen LogP contribution in [0, 0.1) is 0 Å². The van der Waals surface area contributed by atoms with Crippen LogP contribution < -0.4 is 5.73 Å². The fraction of sp³-hybridized carbons (Fsp3) is 0.583. The maximum atomic E-state index is 12.8. The second-order valence-corrected chi connectivity index (χ2v) is 4.22. The predicted octanol–water partition coefficient (Wildman–Crippen LogP) is 1.84. The molecule has 18 heavy (non-hydrogen) atoms. The van der Waals surface area contributed by atoms with Crippen LogP contribution >= 0.6 is 0 Å². The van der Waals surface area contributed by atoms with Gasteiger partial charge in [0.25, 0.3) is 0 Å². The highest BCUT2D eigenvalue weighted by atomic mass is 19.4. The highest BCUT2D eigenvalue weighted by molar-refractivity contribution is 5.09. The molecule has 0 aliphatic rings. The molecular formula is C12H18F3N3. The van der Waals surface area contributed by atoms with E-state index in [2.05, 4.69) is 4.98 Å². The van der Waals surface area contributed by atoms with Gasteiger partial charge in [-0.25, -0.2) is 0 Å². The Bertz CT molecular complexity index is 340. The number of aromatic nitrogens is 1. The maximum Gasteiger partial charge on any atom is 0.404 e. The van der Waals surface area contributed by atoms with Crippen LogP contribution in [0.15, 0.2) is 24.5 Å². The monoisotopic (exact) mass is 261 g/mol. The van der Waals surface area contributed by atoms with Gasteiger partial charge < -0.3 is 5.73 Å². The van der Waals surface area contributed by atoms with Crippen molar-refractivity contribution in [1.29, 1.82) is 0 Å². The summed E-state index contributed by atoms with van der Waals surface area (Å²) in [5, 5.41) is 0. The van der Waals surface area contributed by atoms with Gasteiger partial charge >= 0.3 is 6.18 Å². The van der Waals surface area contributed by atoms with Gasteiger partial charge in [-0.05, 0) is 44.1 Å². The lowest BCUT2D eigenvalue weighted by atomic mass is 10.1. The Morgan fingerprint density at radius 2 is 1.94 bits per heavy atom. The molecule has 2 N–H and O–H groups in total. The third-order valence-corrected chi connectivity index (χ3v) is 2.85. The van der Waals surface area contributed by atoms with Crippen molar-refractivity contribution in [3.63, 3.8) is 0 Å². The third-order valence-electron chi connectivity index (χ3n) is 2.85. The number of nitrogens with zero attached hydrogens (tertiary/aromatic N) is 2. The highest BCUT2D eigenvalue weighted by Crippen LogP contribution is 2.26. The van der Waals surface area contributed by atoms with E-state index >= 15 is 0 Å². The number of pyridine rings is 1. The fourth-order valence-corrected chi connectivity index (χ4v) is 1.80. The maximum absolute atomic E-state index is 12.8. The van der Waals surface area contributed by atoms with Crippen molar-refractivity contribution in [2.45, 2.75) is 25.1 Å². The van der Waals surface area contributed by atoms with Crippen LogP contribution in [0.2, 0.25) is 0 Å². The number of rotatable bonds is 6. The molecule has 0 aliphatic carbocycles. The average molecular weight is 261 g/mol. The average Bonchev–Trinajstić information content (AvgIpc) is 2.33. The second kappa shape index (κ2) is 6.70. The van der Waals surface area contributed by atoms with Crippen LogP contribution in [0.4, 0.5) is 13.2 Å². The molecular weight excluding hydrogens is 243 g/mol. The van der Waals surface area contributed by atoms with Gasteiger partial charge in [-0.15, -0.1) is 0 Å². The Morgan fingerprint density at radius 1 is 1.33 bits per heavy atom. The summed E-state index contributed by atoms with van der Waals surface area (Å²) in [6, 6.07) is 2.14. The van der Waals surface area contributed by atoms with Crippen molar-refractivity contribution in [3.05, 3.63) is 30.1 Å². The van der Waals surface area contributed by atoms with Crippen molar-refractivity contribution in [1.82, 2.24) is 9.88 Å². The summed E-state index contributed by atoms with van der Waals surface area (Å²) in [6.07, 6.45) is -0.466. The van der Waals surface area contributed by atoms with E-state index in [0.29, 0.717) is 13.0 Å². The zero-order chi connectivity index (χ0) is 13.6. The van der Waals surface area contributed by atoms with Crippen LogP contribution in [0.25, 0.3) is 0 Å². The van der Waals surface area contributed by atoms with Gasteiger partial charge in [-0.1, -0.05) is 0 Å². The lowest BCUT2D eigenvalue weighted by Gasteiger charge is -2.29. The van der Waals surface area contributed by atoms with Crippen LogP contribution in [0.5, 0.6) is 0 Å². The Hall–Kier alpha value is -1.14. The minimum Gasteiger partial charge on any atom is -0.330 e. The third kappa shape index (κ3) is 4.62. The van der Waals surface area contributed by atoms with E-state index < -0.39 is 12.2 Å². The number of alkyl halides is 3. The van der Waals surface area contributed by atoms with Crippen molar-refractivity contribution < 1.29 is 13.2 Å². The number of hydrogen-bond donors (Lipinski definition) is 1. The molecule has 0 aromatic carbocycles. The fourth-order valence-electron chi connectivity index (χ4n) is 1.80. The van der Waals surface area contributed by atoms with Crippen LogP contribution in [-0.4, -0.2) is 42.2 Å². The van der Waals surface area contributed by atoms with Crippen molar-refractivity contribution in [2.24, 2.45) is 5.73 Å². The first-order valence-electron chi connectivity index (χ1n) is 5.81. The molecule has 1 unspecified atom stereocenters. The van der Waals surface area contributed by atoms with E-state index in [9.17, 15) is 13.2 Å². The van der Waals surface area contributed by atoms with Crippen molar-refractivity contribution >= 4 is 0 Å². The van der Waals surface area contributed by atoms with Gasteiger partial charge in [0.1, 0.15) is 6.04 Å². The SMILES string of the molecule is CN(CCc1ccncc1)C(CCN)C(F)(F)F. The van der Waals surface area contributed by atoms with Crippen molar-refractivity contribution in [2.75, 3.05) is 20.1 Å². The highest BCUT2D eigenvalue weighted by Gasteiger charge is 2.41. The summed E-state index contributed by atoms with van der Waals surface area (Å²) < 4.78 is 38.3. The molecule has 0 radical (unpaired) electrons. The lowest BCUT2D eigenvalue weighted by molar-refractivity contribution is -0.181. The van der Waals surface area contributed by atoms with E-state index in [-0.39, 0.29) is 13.0 Å². The Morgan fingerprint density at radius 3 is 2.44 bits per heavy atom. The van der Waals surface area contributed by atoms with Gasteiger partial charge in [0, 0.05) is 18.9 Å². The van der Waals surface area contributed by atoms with Crippen LogP contribution in [0.3, 0.4) is 0 Å². The van der Waals surface area contributed by atoms with Gasteiger partial charge in [-0.3, -0.25) is 9.88 Å². The summed E-state index contributed by atoms with van der Waals surface area (Å²) in [5.41, 5.74) is 6.21. The van der Waals surface area contributed by atoms with E-state index in [1.807, 2.05) is 0 Å². The zero-order valence-corrected chi connectivity index (χ0v) is 10.3. The number of hydrogen-bond acceptors (Lipinski definition) is 3. The molecule has 1 heterocycles. The molecule has 6 heteroatoms. The molecule has 0 fully saturated rings. The number of nitrogens with two attached hydrogens (primary N) is 1. The first-order valence-corrected chi connectivity index (χ1v) is 5.81. The summed E-state index contributed by atoms with van der Waals surface area (Å²) in [7, 11) is 1.48. The largest absolute Gasteiger partial charge is 0.404 e. The summed E-state index contributed by atoms with van der Waals surface area (Å²) in [5.74, 6) is 0. The molecule has 1 rings (SSSR count). The smallest absolute Gasteiger partial charge is 0.330 e. The van der Waals surface area contributed by atoms with E-state index in [1.54, 1.807) is 24.5 Å². The minimum absolute atomic E-state index is 0.0315. The van der Waals surface area contributed by atoms with E-state index in [1.165, 1.54) is 11.9 Å². The first-order chi connectivity index (χ1) is 8.45. The Kier molecular flexibility index (Phi) is 5.55. The summed E-state index contributed by atoms with van der Waals surface area (Å²) in [4.78, 5) is 5.18. The second-order valence-electron chi connectivity index (χ2n) is 4.22. The molecule has 0 saturated carbocycles. The lowest BCUT2D eigenvalue weighted by Crippen LogP contribution is -2.45. The Balaban J connectivity index is 2.54. The summed E-state index contributed by atoms with van der Waals surface area (Å²) in [6.45, 7) is 0.373. The Labute approximate surface area is 105 Å². The quantitative estimate of drug-likeness (QED) is 0.849. The molecule has 0 bridgehead atoms. The van der Waals surface area contributed by atoms with Gasteiger partial charge in [-0.2, -0.15) is 13.2 Å². The molecule has 0 amide bonds. The van der Waals surface area contributed by atoms with Crippen LogP contribution in [-0.2, 0) is 6.42 Å². The predicted molar refractivity (Wildman–Crippen MR) is 64.1 cm³/mol. The molecule has 1 atom stereocenters. The van der Waals surface area contributed by atoms with Gasteiger partial charge in [0.2, 0.25) is 0 Å². The normalized spacial score (nSPS) is 13.9. The molecule has 102 valence electrons. The first kappa shape index (κ1) is 14.9. The van der Waals surface area contributed by atoms with Gasteiger partial charge in [0.15, 0.2) is 0 Å². The molecule has 0 aliphatic heterocycles. The minimum atomic E-state index is -4.23. The molecule has 1 aromatic rings. The summed E-state index contributed by atoms with van der Waals surface area (Å²) >= 11 is 0. The van der Waals surface area contributed by atoms with E-state index in [4.69, 9.17) is 5.73 Å². The molecule has 3 nitrogen and oxygen atoms in total. The standard InChI is InChI=1S/C12H18F3N3/c1-18(11(2-6-16)12(13,14)15)9-5-10-3-7-17-8-4-10/h3-4,7-8,11H,2,5-6,9,16H2,1H3. The van der Waals surface area contributed by atoms with Crippen LogP contribution in [0.1, 0.15) is 12.0 Å². The molecule has 1 aromatic heterocycles. The molecule has 0 saturated heterocycles. The van der Waals surface area contributed by atoms with E-state index in [0.717, 1.165) is 5.56 Å². The zero-order valence-electron chi connectivity index (χ0n) is 10.3. The van der Waals surface area contributed by atoms with Crippen molar-refractivity contribution in [3.8, 4) is 0 Å². The number of likely N-dealkylation sites (N-methyl/N-ethyl adjacent to an activating group) is 1.